The fourth-order valence-electron chi connectivity index (χ4n) is 1.25. The van der Waals surface area contributed by atoms with Gasteiger partial charge >= 0.3 is 0 Å². The summed E-state index contributed by atoms with van der Waals surface area (Å²) in [6.07, 6.45) is 0. The lowest BCUT2D eigenvalue weighted by Gasteiger charge is -2.06. The normalized spacial score (nSPS) is 12.7. The van der Waals surface area contributed by atoms with Crippen molar-refractivity contribution in [2.24, 2.45) is 0 Å². The molecule has 3 heteroatoms. The molecule has 0 N–H and O–H groups in total. The van der Waals surface area contributed by atoms with Crippen molar-refractivity contribution in [2.45, 2.75) is 4.83 Å². The van der Waals surface area contributed by atoms with E-state index in [1.54, 1.807) is 11.3 Å². The molecule has 0 saturated heterocycles. The third-order valence-corrected chi connectivity index (χ3v) is 4.95. The number of thiophene rings is 1. The van der Waals surface area contributed by atoms with Crippen LogP contribution in [-0.4, -0.2) is 0 Å². The van der Waals surface area contributed by atoms with Crippen molar-refractivity contribution in [1.82, 2.24) is 0 Å². The van der Waals surface area contributed by atoms with Crippen molar-refractivity contribution in [2.75, 3.05) is 0 Å². The van der Waals surface area contributed by atoms with Crippen molar-refractivity contribution in [3.8, 4) is 0 Å². The third-order valence-electron chi connectivity index (χ3n) is 1.94. The van der Waals surface area contributed by atoms with E-state index in [1.807, 2.05) is 6.07 Å². The van der Waals surface area contributed by atoms with Crippen molar-refractivity contribution >= 4 is 43.2 Å². The van der Waals surface area contributed by atoms with Crippen LogP contribution in [0.25, 0.3) is 0 Å². The Morgan fingerprint density at radius 1 is 1.00 bits per heavy atom. The zero-order valence-corrected chi connectivity index (χ0v) is 11.3. The van der Waals surface area contributed by atoms with Crippen LogP contribution in [0.15, 0.2) is 46.3 Å². The first-order valence-electron chi connectivity index (χ1n) is 4.21. The van der Waals surface area contributed by atoms with Gasteiger partial charge in [0.25, 0.3) is 0 Å². The van der Waals surface area contributed by atoms with E-state index in [-0.39, 0.29) is 0 Å². The van der Waals surface area contributed by atoms with Crippen molar-refractivity contribution in [3.05, 3.63) is 56.7 Å². The molecule has 0 nitrogen and oxygen atoms in total. The van der Waals surface area contributed by atoms with Gasteiger partial charge < -0.3 is 0 Å². The number of hydrogen-bond donors (Lipinski definition) is 0. The van der Waals surface area contributed by atoms with E-state index in [0.717, 1.165) is 0 Å². The second kappa shape index (κ2) is 4.60. The second-order valence-corrected chi connectivity index (χ2v) is 6.33. The van der Waals surface area contributed by atoms with Gasteiger partial charge in [-0.25, -0.2) is 0 Å². The largest absolute Gasteiger partial charge is 0.132 e. The molecular formula is C11H8Br2S. The van der Waals surface area contributed by atoms with Crippen molar-refractivity contribution in [1.29, 1.82) is 0 Å². The zero-order valence-electron chi connectivity index (χ0n) is 7.28. The summed E-state index contributed by atoms with van der Waals surface area (Å²) in [4.78, 5) is 1.63. The average molecular weight is 332 g/mol. The van der Waals surface area contributed by atoms with Gasteiger partial charge in [0.05, 0.1) is 8.61 Å². The number of alkyl halides is 1. The fraction of sp³-hybridized carbons (Fsp3) is 0.0909. The molecule has 0 saturated carbocycles. The highest BCUT2D eigenvalue weighted by atomic mass is 79.9. The predicted molar refractivity (Wildman–Crippen MR) is 69.2 cm³/mol. The standard InChI is InChI=1S/C11H8Br2S/c12-10-7-6-9(14-10)11(13)8-4-2-1-3-5-8/h1-7,11H. The minimum atomic E-state index is 0.306. The van der Waals surface area contributed by atoms with E-state index in [2.05, 4.69) is 68.3 Å². The molecule has 0 aliphatic carbocycles. The number of rotatable bonds is 2. The number of halogens is 2. The number of hydrogen-bond acceptors (Lipinski definition) is 1. The summed E-state index contributed by atoms with van der Waals surface area (Å²) in [7, 11) is 0. The summed E-state index contributed by atoms with van der Waals surface area (Å²) in [5, 5.41) is 0. The fourth-order valence-corrected chi connectivity index (χ4v) is 3.42. The monoisotopic (exact) mass is 330 g/mol. The molecule has 0 aliphatic rings. The molecule has 0 amide bonds. The SMILES string of the molecule is Brc1ccc(C(Br)c2ccccc2)s1. The summed E-state index contributed by atoms with van der Waals surface area (Å²) in [6, 6.07) is 14.6. The molecule has 1 heterocycles. The molecule has 72 valence electrons. The lowest BCUT2D eigenvalue weighted by molar-refractivity contribution is 1.23. The highest BCUT2D eigenvalue weighted by Gasteiger charge is 2.11. The first-order chi connectivity index (χ1) is 6.77. The van der Waals surface area contributed by atoms with Crippen molar-refractivity contribution in [3.63, 3.8) is 0 Å². The van der Waals surface area contributed by atoms with E-state index in [1.165, 1.54) is 14.2 Å². The lowest BCUT2D eigenvalue weighted by Crippen LogP contribution is -1.87. The summed E-state index contributed by atoms with van der Waals surface area (Å²) in [6.45, 7) is 0. The van der Waals surface area contributed by atoms with Crippen LogP contribution in [0.2, 0.25) is 0 Å². The van der Waals surface area contributed by atoms with Gasteiger partial charge in [-0.3, -0.25) is 0 Å². The van der Waals surface area contributed by atoms with Gasteiger partial charge in [0.1, 0.15) is 0 Å². The maximum absolute atomic E-state index is 3.70. The molecule has 0 fully saturated rings. The van der Waals surface area contributed by atoms with Crippen molar-refractivity contribution < 1.29 is 0 Å². The molecule has 0 spiro atoms. The molecule has 14 heavy (non-hydrogen) atoms. The van der Waals surface area contributed by atoms with Gasteiger partial charge in [-0.1, -0.05) is 46.3 Å². The van der Waals surface area contributed by atoms with Crippen LogP contribution in [0.5, 0.6) is 0 Å². The summed E-state index contributed by atoms with van der Waals surface area (Å²) >= 11 is 8.93. The average Bonchev–Trinajstić information content (AvgIpc) is 2.65. The molecule has 0 radical (unpaired) electrons. The maximum Gasteiger partial charge on any atom is 0.0738 e. The van der Waals surface area contributed by atoms with E-state index >= 15 is 0 Å². The Balaban J connectivity index is 2.29. The third kappa shape index (κ3) is 2.27. The van der Waals surface area contributed by atoms with Crippen LogP contribution < -0.4 is 0 Å². The molecule has 1 atom stereocenters. The first kappa shape index (κ1) is 10.4. The van der Waals surface area contributed by atoms with Crippen LogP contribution in [0.1, 0.15) is 15.3 Å². The Hall–Kier alpha value is -0.120. The van der Waals surface area contributed by atoms with Crippen LogP contribution in [0.4, 0.5) is 0 Å². The Morgan fingerprint density at radius 3 is 2.29 bits per heavy atom. The van der Waals surface area contributed by atoms with Crippen LogP contribution in [0.3, 0.4) is 0 Å². The Bertz CT molecular complexity index is 408. The minimum absolute atomic E-state index is 0.306. The molecule has 0 aliphatic heterocycles. The first-order valence-corrected chi connectivity index (χ1v) is 6.74. The Labute approximate surface area is 104 Å². The zero-order chi connectivity index (χ0) is 9.97. The smallest absolute Gasteiger partial charge is 0.0738 e. The molecule has 1 unspecified atom stereocenters. The van der Waals surface area contributed by atoms with Crippen LogP contribution in [0, 0.1) is 0 Å². The van der Waals surface area contributed by atoms with Gasteiger partial charge in [-0.05, 0) is 33.6 Å². The highest BCUT2D eigenvalue weighted by molar-refractivity contribution is 9.11. The Morgan fingerprint density at radius 2 is 1.71 bits per heavy atom. The van der Waals surface area contributed by atoms with Crippen LogP contribution in [-0.2, 0) is 0 Å². The van der Waals surface area contributed by atoms with E-state index in [4.69, 9.17) is 0 Å². The van der Waals surface area contributed by atoms with E-state index in [0.29, 0.717) is 4.83 Å². The topological polar surface area (TPSA) is 0 Å². The highest BCUT2D eigenvalue weighted by Crippen LogP contribution is 2.36. The lowest BCUT2D eigenvalue weighted by atomic mass is 10.1. The van der Waals surface area contributed by atoms with Gasteiger partial charge in [0.2, 0.25) is 0 Å². The second-order valence-electron chi connectivity index (χ2n) is 2.92. The van der Waals surface area contributed by atoms with Crippen LogP contribution >= 0.6 is 43.2 Å². The summed E-state index contributed by atoms with van der Waals surface area (Å²) < 4.78 is 1.17. The summed E-state index contributed by atoms with van der Waals surface area (Å²) in [5.74, 6) is 0. The van der Waals surface area contributed by atoms with E-state index in [9.17, 15) is 0 Å². The van der Waals surface area contributed by atoms with E-state index < -0.39 is 0 Å². The Kier molecular flexibility index (Phi) is 3.42. The molecule has 0 bridgehead atoms. The predicted octanol–water partition coefficient (Wildman–Crippen LogP) is 4.99. The maximum atomic E-state index is 3.70. The molecule has 2 rings (SSSR count). The van der Waals surface area contributed by atoms with Gasteiger partial charge in [0, 0.05) is 4.88 Å². The molecule has 1 aromatic heterocycles. The molecule has 2 aromatic rings. The van der Waals surface area contributed by atoms with Gasteiger partial charge in [-0.15, -0.1) is 11.3 Å². The minimum Gasteiger partial charge on any atom is -0.132 e. The van der Waals surface area contributed by atoms with Gasteiger partial charge in [-0.2, -0.15) is 0 Å². The molecular weight excluding hydrogens is 324 g/mol. The summed E-state index contributed by atoms with van der Waals surface area (Å²) in [5.41, 5.74) is 1.29. The molecule has 1 aromatic carbocycles. The quantitative estimate of drug-likeness (QED) is 0.680. The van der Waals surface area contributed by atoms with Gasteiger partial charge in [0.15, 0.2) is 0 Å². The number of benzene rings is 1.